The minimum Gasteiger partial charge on any atom is -0.379 e. The van der Waals surface area contributed by atoms with E-state index in [1.165, 1.54) is 22.5 Å². The monoisotopic (exact) mass is 403 g/mol. The molecule has 0 aliphatic carbocycles. The molecule has 1 fully saturated rings. The average molecular weight is 404 g/mol. The fraction of sp³-hybridized carbons (Fsp3) is 0.588. The number of carbonyl (C=O) groups excluding carboxylic acids is 1. The predicted octanol–water partition coefficient (Wildman–Crippen LogP) is 1.43. The van der Waals surface area contributed by atoms with E-state index < -0.39 is 10.0 Å². The third-order valence-electron chi connectivity index (χ3n) is 4.33. The summed E-state index contributed by atoms with van der Waals surface area (Å²) in [6.45, 7) is 8.53. The van der Waals surface area contributed by atoms with Gasteiger partial charge in [-0.1, -0.05) is 25.4 Å². The van der Waals surface area contributed by atoms with Crippen molar-refractivity contribution in [2.24, 2.45) is 0 Å². The summed E-state index contributed by atoms with van der Waals surface area (Å²) >= 11 is 6.09. The van der Waals surface area contributed by atoms with Gasteiger partial charge in [0.15, 0.2) is 0 Å². The highest BCUT2D eigenvalue weighted by Gasteiger charge is 2.25. The molecule has 146 valence electrons. The van der Waals surface area contributed by atoms with Crippen LogP contribution in [-0.4, -0.2) is 76.0 Å². The van der Waals surface area contributed by atoms with Crippen molar-refractivity contribution in [2.75, 3.05) is 52.5 Å². The molecule has 1 aromatic carbocycles. The molecule has 0 saturated carbocycles. The second-order valence-electron chi connectivity index (χ2n) is 5.94. The van der Waals surface area contributed by atoms with Crippen LogP contribution in [0.1, 0.15) is 24.2 Å². The minimum atomic E-state index is -3.73. The normalized spacial score (nSPS) is 16.0. The zero-order valence-corrected chi connectivity index (χ0v) is 16.8. The molecule has 2 rings (SSSR count). The molecular formula is C17H26ClN3O4S. The van der Waals surface area contributed by atoms with Gasteiger partial charge in [0.1, 0.15) is 4.90 Å². The van der Waals surface area contributed by atoms with E-state index >= 15 is 0 Å². The Kier molecular flexibility index (Phi) is 7.85. The Labute approximate surface area is 160 Å². The van der Waals surface area contributed by atoms with Crippen molar-refractivity contribution < 1.29 is 17.9 Å². The molecule has 7 nitrogen and oxygen atoms in total. The summed E-state index contributed by atoms with van der Waals surface area (Å²) in [6.07, 6.45) is 0. The van der Waals surface area contributed by atoms with Crippen molar-refractivity contribution >= 4 is 27.5 Å². The van der Waals surface area contributed by atoms with Crippen LogP contribution >= 0.6 is 11.6 Å². The van der Waals surface area contributed by atoms with Crippen molar-refractivity contribution in [2.45, 2.75) is 18.7 Å². The second-order valence-corrected chi connectivity index (χ2v) is 8.26. The van der Waals surface area contributed by atoms with Crippen LogP contribution in [0.4, 0.5) is 0 Å². The van der Waals surface area contributed by atoms with Crippen LogP contribution < -0.4 is 5.32 Å². The number of rotatable bonds is 8. The summed E-state index contributed by atoms with van der Waals surface area (Å²) in [4.78, 5) is 14.6. The molecule has 0 aromatic heterocycles. The highest BCUT2D eigenvalue weighted by atomic mass is 35.5. The topological polar surface area (TPSA) is 79.0 Å². The van der Waals surface area contributed by atoms with Gasteiger partial charge in [0.25, 0.3) is 5.91 Å². The maximum Gasteiger partial charge on any atom is 0.251 e. The summed E-state index contributed by atoms with van der Waals surface area (Å²) in [5.74, 6) is -0.314. The van der Waals surface area contributed by atoms with Crippen molar-refractivity contribution in [3.05, 3.63) is 28.8 Å². The molecule has 1 aliphatic rings. The number of benzene rings is 1. The van der Waals surface area contributed by atoms with Gasteiger partial charge in [-0.25, -0.2) is 8.42 Å². The van der Waals surface area contributed by atoms with Gasteiger partial charge in [-0.05, 0) is 18.2 Å². The summed E-state index contributed by atoms with van der Waals surface area (Å²) in [5.41, 5.74) is 0.280. The number of carbonyl (C=O) groups is 1. The van der Waals surface area contributed by atoms with Crippen molar-refractivity contribution in [3.63, 3.8) is 0 Å². The van der Waals surface area contributed by atoms with Gasteiger partial charge in [-0.15, -0.1) is 0 Å². The van der Waals surface area contributed by atoms with Crippen LogP contribution in [0.5, 0.6) is 0 Å². The molecule has 1 saturated heterocycles. The molecule has 9 heteroatoms. The number of ether oxygens (including phenoxy) is 1. The van der Waals surface area contributed by atoms with E-state index in [9.17, 15) is 13.2 Å². The zero-order valence-electron chi connectivity index (χ0n) is 15.2. The first kappa shape index (κ1) is 21.1. The predicted molar refractivity (Wildman–Crippen MR) is 101 cm³/mol. The van der Waals surface area contributed by atoms with Gasteiger partial charge in [-0.2, -0.15) is 4.31 Å². The molecule has 0 bridgehead atoms. The van der Waals surface area contributed by atoms with Gasteiger partial charge in [0.05, 0.1) is 18.2 Å². The molecule has 1 aliphatic heterocycles. The standard InChI is InChI=1S/C17H26ClN3O4S/c1-3-21(4-2)26(23,24)16-13-14(5-6-15(16)18)17(22)19-7-8-20-9-11-25-12-10-20/h5-6,13H,3-4,7-12H2,1-2H3,(H,19,22). The SMILES string of the molecule is CCN(CC)S(=O)(=O)c1cc(C(=O)NCCN2CCOCC2)ccc1Cl. The minimum absolute atomic E-state index is 0.0382. The molecule has 0 atom stereocenters. The Balaban J connectivity index is 2.06. The van der Waals surface area contributed by atoms with Crippen LogP contribution in [0.2, 0.25) is 5.02 Å². The van der Waals surface area contributed by atoms with E-state index in [1.54, 1.807) is 13.8 Å². The average Bonchev–Trinajstić information content (AvgIpc) is 2.63. The summed E-state index contributed by atoms with van der Waals surface area (Å²) < 4.78 is 32.0. The van der Waals surface area contributed by atoms with Crippen molar-refractivity contribution in [1.29, 1.82) is 0 Å². The summed E-state index contributed by atoms with van der Waals surface area (Å²) in [5, 5.41) is 2.94. The van der Waals surface area contributed by atoms with Gasteiger partial charge < -0.3 is 10.1 Å². The Morgan fingerprint density at radius 2 is 1.92 bits per heavy atom. The number of hydrogen-bond acceptors (Lipinski definition) is 5. The first-order valence-electron chi connectivity index (χ1n) is 8.78. The molecule has 0 unspecified atom stereocenters. The van der Waals surface area contributed by atoms with Crippen LogP contribution in [-0.2, 0) is 14.8 Å². The van der Waals surface area contributed by atoms with E-state index in [4.69, 9.17) is 16.3 Å². The maximum atomic E-state index is 12.7. The highest BCUT2D eigenvalue weighted by Crippen LogP contribution is 2.25. The first-order chi connectivity index (χ1) is 12.4. The first-order valence-corrected chi connectivity index (χ1v) is 10.6. The summed E-state index contributed by atoms with van der Waals surface area (Å²) in [6, 6.07) is 4.34. The molecule has 0 radical (unpaired) electrons. The van der Waals surface area contributed by atoms with Gasteiger partial charge in [0, 0.05) is 44.8 Å². The number of sulfonamides is 1. The maximum absolute atomic E-state index is 12.7. The number of nitrogens with one attached hydrogen (secondary N) is 1. The largest absolute Gasteiger partial charge is 0.379 e. The number of hydrogen-bond donors (Lipinski definition) is 1. The van der Waals surface area contributed by atoms with E-state index in [1.807, 2.05) is 0 Å². The fourth-order valence-electron chi connectivity index (χ4n) is 2.80. The van der Waals surface area contributed by atoms with Crippen LogP contribution in [0, 0.1) is 0 Å². The van der Waals surface area contributed by atoms with Crippen molar-refractivity contribution in [1.82, 2.24) is 14.5 Å². The molecule has 26 heavy (non-hydrogen) atoms. The molecule has 1 heterocycles. The zero-order chi connectivity index (χ0) is 19.2. The van der Waals surface area contributed by atoms with E-state index in [-0.39, 0.29) is 21.4 Å². The lowest BCUT2D eigenvalue weighted by Gasteiger charge is -2.26. The van der Waals surface area contributed by atoms with Crippen LogP contribution in [0.3, 0.4) is 0 Å². The smallest absolute Gasteiger partial charge is 0.251 e. The lowest BCUT2D eigenvalue weighted by Crippen LogP contribution is -2.41. The van der Waals surface area contributed by atoms with Gasteiger partial charge in [0.2, 0.25) is 10.0 Å². The van der Waals surface area contributed by atoms with Crippen molar-refractivity contribution in [3.8, 4) is 0 Å². The number of halogens is 1. The van der Waals surface area contributed by atoms with Gasteiger partial charge in [-0.3, -0.25) is 9.69 Å². The number of nitrogens with zero attached hydrogens (tertiary/aromatic N) is 2. The van der Waals surface area contributed by atoms with Crippen LogP contribution in [0.25, 0.3) is 0 Å². The third kappa shape index (κ3) is 5.17. The van der Waals surface area contributed by atoms with Crippen LogP contribution in [0.15, 0.2) is 23.1 Å². The van der Waals surface area contributed by atoms with E-state index in [0.29, 0.717) is 32.8 Å². The quantitative estimate of drug-likeness (QED) is 0.710. The lowest BCUT2D eigenvalue weighted by molar-refractivity contribution is 0.0383. The Morgan fingerprint density at radius 1 is 1.27 bits per heavy atom. The Bertz CT molecular complexity index is 717. The molecule has 1 aromatic rings. The second kappa shape index (κ2) is 9.66. The number of amides is 1. The molecule has 1 N–H and O–H groups in total. The van der Waals surface area contributed by atoms with Gasteiger partial charge >= 0.3 is 0 Å². The molecule has 1 amide bonds. The highest BCUT2D eigenvalue weighted by molar-refractivity contribution is 7.89. The third-order valence-corrected chi connectivity index (χ3v) is 6.87. The molecule has 0 spiro atoms. The fourth-order valence-corrected chi connectivity index (χ4v) is 4.76. The number of morpholine rings is 1. The Hall–Kier alpha value is -1.19. The molecular weight excluding hydrogens is 378 g/mol. The summed E-state index contributed by atoms with van der Waals surface area (Å²) in [7, 11) is -3.73. The Morgan fingerprint density at radius 3 is 2.54 bits per heavy atom. The van der Waals surface area contributed by atoms with E-state index in [2.05, 4.69) is 10.2 Å². The lowest BCUT2D eigenvalue weighted by atomic mass is 10.2. The van der Waals surface area contributed by atoms with E-state index in [0.717, 1.165) is 19.6 Å².